The van der Waals surface area contributed by atoms with Crippen molar-refractivity contribution in [2.24, 2.45) is 4.99 Å². The summed E-state index contributed by atoms with van der Waals surface area (Å²) in [6.45, 7) is 0. The number of hydrogen-bond donors (Lipinski definition) is 2. The van der Waals surface area contributed by atoms with Gasteiger partial charge in [-0.3, -0.25) is 4.99 Å². The first-order valence-corrected chi connectivity index (χ1v) is 6.65. The van der Waals surface area contributed by atoms with Gasteiger partial charge in [0.15, 0.2) is 17.4 Å². The number of nitrogens with zero attached hydrogens (tertiary/aromatic N) is 2. The Hall–Kier alpha value is -0.580. The molecule has 0 radical (unpaired) electrons. The summed E-state index contributed by atoms with van der Waals surface area (Å²) in [6, 6.07) is -1.08. The van der Waals surface area contributed by atoms with Crippen molar-refractivity contribution in [1.82, 2.24) is 4.90 Å². The zero-order valence-electron chi connectivity index (χ0n) is 10.6. The molecule has 10 heteroatoms. The maximum atomic E-state index is 14.0. The third-order valence-corrected chi connectivity index (χ3v) is 4.37. The molecule has 0 bridgehead atoms. The lowest BCUT2D eigenvalue weighted by molar-refractivity contribution is -0.267. The summed E-state index contributed by atoms with van der Waals surface area (Å²) in [5.74, 6) is 0. The number of fused-ring (bicyclic) bond motifs is 1. The minimum Gasteiger partial charge on any atom is -0.387 e. The molecule has 2 N–H and O–H groups in total. The Morgan fingerprint density at radius 1 is 1.40 bits per heavy atom. The van der Waals surface area contributed by atoms with Crippen LogP contribution in [0.5, 0.6) is 0 Å². The minimum absolute atomic E-state index is 0.400. The summed E-state index contributed by atoms with van der Waals surface area (Å²) in [5.41, 5.74) is -0.993. The monoisotopic (exact) mass is 318 g/mol. The van der Waals surface area contributed by atoms with Crippen LogP contribution in [0.15, 0.2) is 4.99 Å². The van der Waals surface area contributed by atoms with E-state index in [9.17, 15) is 22.7 Å². The van der Waals surface area contributed by atoms with Crippen LogP contribution in [0.1, 0.15) is 0 Å². The number of aliphatic hydroxyl groups excluding tert-OH is 2. The van der Waals surface area contributed by atoms with Crippen LogP contribution >= 0.6 is 11.8 Å². The fourth-order valence-electron chi connectivity index (χ4n) is 2.01. The molecule has 2 rings (SSSR count). The van der Waals surface area contributed by atoms with Gasteiger partial charge in [-0.1, -0.05) is 11.8 Å². The van der Waals surface area contributed by atoms with Crippen molar-refractivity contribution in [3.63, 3.8) is 0 Å². The number of aliphatic imine (C=N–C) groups is 1. The molecule has 0 aromatic rings. The third kappa shape index (κ3) is 2.74. The van der Waals surface area contributed by atoms with Crippen molar-refractivity contribution in [1.29, 1.82) is 0 Å². The maximum absolute atomic E-state index is 14.0. The van der Waals surface area contributed by atoms with Crippen LogP contribution in [-0.2, 0) is 4.74 Å². The summed E-state index contributed by atoms with van der Waals surface area (Å²) >= 11 is 0.964. The lowest BCUT2D eigenvalue weighted by Gasteiger charge is -2.39. The van der Waals surface area contributed by atoms with E-state index in [0.717, 1.165) is 11.8 Å². The Labute approximate surface area is 116 Å². The number of hydrogen-bond acceptors (Lipinski definition) is 6. The second-order valence-electron chi connectivity index (χ2n) is 4.81. The van der Waals surface area contributed by atoms with Gasteiger partial charge in [0.25, 0.3) is 0 Å². The van der Waals surface area contributed by atoms with E-state index in [-0.39, 0.29) is 0 Å². The predicted molar refractivity (Wildman–Crippen MR) is 64.1 cm³/mol. The van der Waals surface area contributed by atoms with Crippen LogP contribution in [0.4, 0.5) is 17.6 Å². The van der Waals surface area contributed by atoms with Crippen LogP contribution in [0.3, 0.4) is 0 Å². The Morgan fingerprint density at radius 2 is 2.00 bits per heavy atom. The fraction of sp³-hybridized carbons (Fsp3) is 0.900. The number of aliphatic hydroxyl groups is 2. The van der Waals surface area contributed by atoms with Crippen molar-refractivity contribution in [2.75, 3.05) is 14.1 Å². The molecular formula is C10H14F4N2O3S. The van der Waals surface area contributed by atoms with Crippen LogP contribution in [0.25, 0.3) is 0 Å². The topological polar surface area (TPSA) is 65.3 Å². The highest BCUT2D eigenvalue weighted by atomic mass is 32.2. The molecule has 0 aromatic carbocycles. The second kappa shape index (κ2) is 5.32. The molecular weight excluding hydrogens is 304 g/mol. The summed E-state index contributed by atoms with van der Waals surface area (Å²) in [5, 5.41) is 19.2. The van der Waals surface area contributed by atoms with Crippen LogP contribution in [0, 0.1) is 0 Å². The number of ether oxygens (including phenoxy) is 1. The molecule has 6 atom stereocenters. The number of amidine groups is 1. The van der Waals surface area contributed by atoms with Gasteiger partial charge in [-0.15, -0.1) is 0 Å². The standard InChI is InChI=1S/C10H14F4N2O3S/c1-16(2)9-15-4-3(11)5(17)6(19-8(4)20-9)7(18)10(12,13)14/h3-8,17-18H,1-2H3/t3-,4-,5+,6+,7-,8-/m1/s1. The van der Waals surface area contributed by atoms with Crippen LogP contribution in [0.2, 0.25) is 0 Å². The maximum Gasteiger partial charge on any atom is 0.417 e. The Kier molecular flexibility index (Phi) is 4.20. The summed E-state index contributed by atoms with van der Waals surface area (Å²) in [7, 11) is 3.30. The molecule has 1 fully saturated rings. The lowest BCUT2D eigenvalue weighted by atomic mass is 9.96. The Morgan fingerprint density at radius 3 is 2.50 bits per heavy atom. The molecule has 0 saturated carbocycles. The predicted octanol–water partition coefficient (Wildman–Crippen LogP) is 0.366. The number of thioether (sulfide) groups is 1. The first-order valence-electron chi connectivity index (χ1n) is 5.77. The highest BCUT2D eigenvalue weighted by Gasteiger charge is 2.56. The van der Waals surface area contributed by atoms with Crippen molar-refractivity contribution >= 4 is 16.9 Å². The largest absolute Gasteiger partial charge is 0.417 e. The highest BCUT2D eigenvalue weighted by molar-refractivity contribution is 8.14. The molecule has 0 amide bonds. The molecule has 2 aliphatic heterocycles. The Balaban J connectivity index is 2.17. The number of halogens is 4. The average Bonchev–Trinajstić information content (AvgIpc) is 2.76. The van der Waals surface area contributed by atoms with Crippen LogP contribution < -0.4 is 0 Å². The van der Waals surface area contributed by atoms with E-state index in [2.05, 4.69) is 4.99 Å². The molecule has 20 heavy (non-hydrogen) atoms. The van der Waals surface area contributed by atoms with Gasteiger partial charge in [-0.25, -0.2) is 4.39 Å². The quantitative estimate of drug-likeness (QED) is 0.684. The molecule has 0 spiro atoms. The molecule has 0 aliphatic carbocycles. The minimum atomic E-state index is -4.99. The van der Waals surface area contributed by atoms with Gasteiger partial charge >= 0.3 is 6.18 Å². The smallest absolute Gasteiger partial charge is 0.387 e. The average molecular weight is 318 g/mol. The Bertz CT molecular complexity index is 406. The van der Waals surface area contributed by atoms with E-state index >= 15 is 0 Å². The summed E-state index contributed by atoms with van der Waals surface area (Å²) in [6.07, 6.45) is -14.1. The molecule has 5 nitrogen and oxygen atoms in total. The van der Waals surface area contributed by atoms with Gasteiger partial charge in [0.1, 0.15) is 23.7 Å². The van der Waals surface area contributed by atoms with E-state index in [0.29, 0.717) is 5.17 Å². The SMILES string of the molecule is CN(C)C1=N[C@@H]2[C@@H](F)[C@H](O)[C@@H]([C@@H](O)C(F)(F)F)O[C@@H]2S1. The zero-order valence-corrected chi connectivity index (χ0v) is 11.4. The van der Waals surface area contributed by atoms with Crippen molar-refractivity contribution in [3.8, 4) is 0 Å². The van der Waals surface area contributed by atoms with Crippen LogP contribution in [-0.4, -0.2) is 76.5 Å². The van der Waals surface area contributed by atoms with E-state index in [1.807, 2.05) is 0 Å². The van der Waals surface area contributed by atoms with Crippen molar-refractivity contribution < 1.29 is 32.5 Å². The normalized spacial score (nSPS) is 39.2. The fourth-order valence-corrected chi connectivity index (χ4v) is 3.14. The molecule has 0 aromatic heterocycles. The van der Waals surface area contributed by atoms with Gasteiger partial charge in [0.2, 0.25) is 0 Å². The number of rotatable bonds is 1. The van der Waals surface area contributed by atoms with Gasteiger partial charge in [0, 0.05) is 14.1 Å². The van der Waals surface area contributed by atoms with E-state index in [1.165, 1.54) is 0 Å². The first-order chi connectivity index (χ1) is 9.12. The number of alkyl halides is 4. The highest BCUT2D eigenvalue weighted by Crippen LogP contribution is 2.40. The summed E-state index contributed by atoms with van der Waals surface area (Å²) in [4.78, 5) is 5.55. The zero-order chi connectivity index (χ0) is 15.2. The van der Waals surface area contributed by atoms with E-state index in [1.54, 1.807) is 19.0 Å². The third-order valence-electron chi connectivity index (χ3n) is 3.07. The molecule has 0 unspecified atom stereocenters. The van der Waals surface area contributed by atoms with Gasteiger partial charge in [-0.2, -0.15) is 13.2 Å². The molecule has 2 heterocycles. The van der Waals surface area contributed by atoms with Gasteiger partial charge in [0.05, 0.1) is 0 Å². The van der Waals surface area contributed by atoms with Crippen molar-refractivity contribution in [2.45, 2.75) is 42.1 Å². The van der Waals surface area contributed by atoms with Crippen molar-refractivity contribution in [3.05, 3.63) is 0 Å². The molecule has 116 valence electrons. The van der Waals surface area contributed by atoms with E-state index < -0.39 is 42.1 Å². The second-order valence-corrected chi connectivity index (χ2v) is 5.87. The van der Waals surface area contributed by atoms with E-state index in [4.69, 9.17) is 9.84 Å². The summed E-state index contributed by atoms with van der Waals surface area (Å²) < 4.78 is 56.5. The lowest BCUT2D eigenvalue weighted by Crippen LogP contribution is -2.59. The van der Waals surface area contributed by atoms with Gasteiger partial charge < -0.3 is 19.8 Å². The molecule has 1 saturated heterocycles. The molecule has 2 aliphatic rings. The first kappa shape index (κ1) is 15.8. The van der Waals surface area contributed by atoms with Gasteiger partial charge in [-0.05, 0) is 0 Å².